The topological polar surface area (TPSA) is 68.4 Å². The summed E-state index contributed by atoms with van der Waals surface area (Å²) in [7, 11) is 1.99. The molecular weight excluding hydrogens is 318 g/mol. The number of hydrogen-bond acceptors (Lipinski definition) is 3. The van der Waals surface area contributed by atoms with E-state index in [1.165, 1.54) is 6.07 Å². The highest BCUT2D eigenvalue weighted by molar-refractivity contribution is 5.80. The van der Waals surface area contributed by atoms with Crippen LogP contribution in [0.2, 0.25) is 0 Å². The van der Waals surface area contributed by atoms with Gasteiger partial charge in [-0.1, -0.05) is 31.0 Å². The van der Waals surface area contributed by atoms with Crippen molar-refractivity contribution in [3.8, 4) is 0 Å². The Bertz CT molecular complexity index is 769. The molecule has 6 heteroatoms. The molecule has 1 aliphatic heterocycles. The molecule has 1 aromatic heterocycles. The lowest BCUT2D eigenvalue weighted by molar-refractivity contribution is -0.385. The fraction of sp³-hybridized carbons (Fsp3) is 0.421. The predicted molar refractivity (Wildman–Crippen MR) is 95.1 cm³/mol. The third kappa shape index (κ3) is 3.73. The smallest absolute Gasteiger partial charge is 0.273 e. The van der Waals surface area contributed by atoms with Crippen LogP contribution in [0.1, 0.15) is 43.0 Å². The molecule has 6 nitrogen and oxygen atoms in total. The highest BCUT2D eigenvalue weighted by Crippen LogP contribution is 2.31. The zero-order valence-electron chi connectivity index (χ0n) is 14.4. The van der Waals surface area contributed by atoms with Gasteiger partial charge in [-0.05, 0) is 25.0 Å². The lowest BCUT2D eigenvalue weighted by atomic mass is 10.0. The van der Waals surface area contributed by atoms with Gasteiger partial charge in [-0.15, -0.1) is 0 Å². The SMILES string of the molecule is Cn1cccc1[C@H]1CCCCCN1C(=O)Cc1ccccc1[N+](=O)[O-]. The average Bonchev–Trinajstić information content (AvgIpc) is 2.87. The fourth-order valence-corrected chi connectivity index (χ4v) is 3.64. The number of amides is 1. The molecule has 0 aliphatic carbocycles. The quantitative estimate of drug-likeness (QED) is 0.630. The molecule has 3 rings (SSSR count). The van der Waals surface area contributed by atoms with Crippen molar-refractivity contribution in [1.82, 2.24) is 9.47 Å². The summed E-state index contributed by atoms with van der Waals surface area (Å²) in [6, 6.07) is 10.6. The Morgan fingerprint density at radius 1 is 1.20 bits per heavy atom. The maximum atomic E-state index is 13.0. The zero-order valence-corrected chi connectivity index (χ0v) is 14.4. The van der Waals surface area contributed by atoms with Crippen LogP contribution in [0.5, 0.6) is 0 Å². The van der Waals surface area contributed by atoms with Crippen LogP contribution in [0.3, 0.4) is 0 Å². The van der Waals surface area contributed by atoms with E-state index < -0.39 is 4.92 Å². The molecule has 0 spiro atoms. The van der Waals surface area contributed by atoms with Crippen LogP contribution in [-0.4, -0.2) is 26.8 Å². The van der Waals surface area contributed by atoms with Crippen molar-refractivity contribution in [2.45, 2.75) is 38.1 Å². The van der Waals surface area contributed by atoms with Crippen LogP contribution >= 0.6 is 0 Å². The fourth-order valence-electron chi connectivity index (χ4n) is 3.64. The second kappa shape index (κ2) is 7.51. The summed E-state index contributed by atoms with van der Waals surface area (Å²) < 4.78 is 2.06. The van der Waals surface area contributed by atoms with E-state index in [2.05, 4.69) is 10.6 Å². The number of para-hydroxylation sites is 1. The molecule has 1 aliphatic rings. The summed E-state index contributed by atoms with van der Waals surface area (Å²) in [6.45, 7) is 0.704. The number of rotatable bonds is 4. The number of benzene rings is 1. The first-order valence-corrected chi connectivity index (χ1v) is 8.71. The van der Waals surface area contributed by atoms with Crippen molar-refractivity contribution in [1.29, 1.82) is 0 Å². The van der Waals surface area contributed by atoms with Crippen LogP contribution in [-0.2, 0) is 18.3 Å². The highest BCUT2D eigenvalue weighted by Gasteiger charge is 2.29. The van der Waals surface area contributed by atoms with E-state index in [0.29, 0.717) is 12.1 Å². The van der Waals surface area contributed by atoms with Gasteiger partial charge >= 0.3 is 0 Å². The molecular formula is C19H23N3O3. The van der Waals surface area contributed by atoms with Crippen LogP contribution in [0.15, 0.2) is 42.6 Å². The molecule has 1 aromatic carbocycles. The number of carbonyl (C=O) groups excluding carboxylic acids is 1. The van der Waals surface area contributed by atoms with Gasteiger partial charge in [-0.25, -0.2) is 0 Å². The van der Waals surface area contributed by atoms with E-state index in [1.54, 1.807) is 18.2 Å². The first-order chi connectivity index (χ1) is 12.1. The molecule has 25 heavy (non-hydrogen) atoms. The van der Waals surface area contributed by atoms with E-state index in [1.807, 2.05) is 24.2 Å². The third-order valence-corrected chi connectivity index (χ3v) is 4.93. The van der Waals surface area contributed by atoms with E-state index in [-0.39, 0.29) is 24.1 Å². The average molecular weight is 341 g/mol. The Hall–Kier alpha value is -2.63. The maximum absolute atomic E-state index is 13.0. The summed E-state index contributed by atoms with van der Waals surface area (Å²) in [5.41, 5.74) is 1.62. The van der Waals surface area contributed by atoms with E-state index >= 15 is 0 Å². The molecule has 1 amide bonds. The van der Waals surface area contributed by atoms with Gasteiger partial charge in [0.2, 0.25) is 5.91 Å². The molecule has 1 saturated heterocycles. The molecule has 132 valence electrons. The molecule has 0 N–H and O–H groups in total. The van der Waals surface area contributed by atoms with Gasteiger partial charge in [-0.2, -0.15) is 0 Å². The molecule has 0 unspecified atom stereocenters. The summed E-state index contributed by atoms with van der Waals surface area (Å²) >= 11 is 0. The highest BCUT2D eigenvalue weighted by atomic mass is 16.6. The van der Waals surface area contributed by atoms with Gasteiger partial charge in [0.1, 0.15) is 0 Å². The largest absolute Gasteiger partial charge is 0.353 e. The molecule has 1 atom stereocenters. The lowest BCUT2D eigenvalue weighted by Gasteiger charge is -2.30. The number of carbonyl (C=O) groups is 1. The number of aromatic nitrogens is 1. The zero-order chi connectivity index (χ0) is 17.8. The Labute approximate surface area is 147 Å². The van der Waals surface area contributed by atoms with Crippen LogP contribution in [0.25, 0.3) is 0 Å². The van der Waals surface area contributed by atoms with Crippen LogP contribution in [0.4, 0.5) is 5.69 Å². The molecule has 2 heterocycles. The van der Waals surface area contributed by atoms with Gasteiger partial charge in [0.25, 0.3) is 5.69 Å². The number of nitro benzene ring substituents is 1. The summed E-state index contributed by atoms with van der Waals surface area (Å²) in [5.74, 6) is -0.0394. The third-order valence-electron chi connectivity index (χ3n) is 4.93. The Morgan fingerprint density at radius 3 is 2.72 bits per heavy atom. The minimum atomic E-state index is -0.417. The van der Waals surface area contributed by atoms with Gasteiger partial charge in [0.05, 0.1) is 17.4 Å². The molecule has 0 radical (unpaired) electrons. The summed E-state index contributed by atoms with van der Waals surface area (Å²) in [5, 5.41) is 11.2. The Balaban J connectivity index is 1.86. The Morgan fingerprint density at radius 2 is 2.00 bits per heavy atom. The van der Waals surface area contributed by atoms with Gasteiger partial charge in [0.15, 0.2) is 0 Å². The minimum absolute atomic E-state index is 0.0149. The lowest BCUT2D eigenvalue weighted by Crippen LogP contribution is -2.36. The van der Waals surface area contributed by atoms with Crippen LogP contribution in [0, 0.1) is 10.1 Å². The van der Waals surface area contributed by atoms with Crippen molar-refractivity contribution in [3.05, 3.63) is 64.0 Å². The number of hydrogen-bond donors (Lipinski definition) is 0. The van der Waals surface area contributed by atoms with Gasteiger partial charge in [0, 0.05) is 37.1 Å². The van der Waals surface area contributed by atoms with E-state index in [0.717, 1.165) is 31.4 Å². The molecule has 0 bridgehead atoms. The molecule has 1 fully saturated rings. The number of nitrogens with zero attached hydrogens (tertiary/aromatic N) is 3. The van der Waals surface area contributed by atoms with Gasteiger partial charge in [-0.3, -0.25) is 14.9 Å². The predicted octanol–water partition coefficient (Wildman–Crippen LogP) is 3.62. The summed E-state index contributed by atoms with van der Waals surface area (Å²) in [4.78, 5) is 25.7. The van der Waals surface area contributed by atoms with Crippen molar-refractivity contribution >= 4 is 11.6 Å². The van der Waals surface area contributed by atoms with E-state index in [4.69, 9.17) is 0 Å². The van der Waals surface area contributed by atoms with E-state index in [9.17, 15) is 14.9 Å². The Kier molecular flexibility index (Phi) is 5.16. The second-order valence-electron chi connectivity index (χ2n) is 6.56. The normalized spacial score (nSPS) is 18.0. The van der Waals surface area contributed by atoms with Crippen molar-refractivity contribution in [3.63, 3.8) is 0 Å². The van der Waals surface area contributed by atoms with Gasteiger partial charge < -0.3 is 9.47 Å². The first kappa shape index (κ1) is 17.2. The number of likely N-dealkylation sites (tertiary alicyclic amines) is 1. The number of aryl methyl sites for hydroxylation is 1. The summed E-state index contributed by atoms with van der Waals surface area (Å²) in [6.07, 6.45) is 6.16. The maximum Gasteiger partial charge on any atom is 0.273 e. The standard InChI is InChI=1S/C19H23N3O3/c1-20-12-7-11-17(20)18-10-3-2-6-13-21(18)19(23)14-15-8-4-5-9-16(15)22(24)25/h4-5,7-9,11-12,18H,2-3,6,10,13-14H2,1H3/t18-/m1/s1. The van der Waals surface area contributed by atoms with Crippen molar-refractivity contribution < 1.29 is 9.72 Å². The molecule has 0 saturated carbocycles. The van der Waals surface area contributed by atoms with Crippen LogP contribution < -0.4 is 0 Å². The second-order valence-corrected chi connectivity index (χ2v) is 6.56. The monoisotopic (exact) mass is 341 g/mol. The van der Waals surface area contributed by atoms with Crippen molar-refractivity contribution in [2.24, 2.45) is 7.05 Å². The first-order valence-electron chi connectivity index (χ1n) is 8.71. The number of nitro groups is 1. The minimum Gasteiger partial charge on any atom is -0.353 e. The molecule has 2 aromatic rings. The van der Waals surface area contributed by atoms with Crippen molar-refractivity contribution in [2.75, 3.05) is 6.54 Å².